The Morgan fingerprint density at radius 3 is 2.36 bits per heavy atom. The lowest BCUT2D eigenvalue weighted by molar-refractivity contribution is 0.282. The predicted octanol–water partition coefficient (Wildman–Crippen LogP) is 6.71. The lowest BCUT2D eigenvalue weighted by Crippen LogP contribution is -1.99. The first-order valence-corrected chi connectivity index (χ1v) is 9.93. The van der Waals surface area contributed by atoms with Crippen molar-refractivity contribution in [2.75, 3.05) is 7.11 Å². The first kappa shape index (κ1) is 20.2. The Balaban J connectivity index is 1.81. The normalized spacial score (nSPS) is 11.0. The van der Waals surface area contributed by atoms with E-state index in [-0.39, 0.29) is 0 Å². The fourth-order valence-electron chi connectivity index (χ4n) is 2.80. The van der Waals surface area contributed by atoms with Gasteiger partial charge in [0, 0.05) is 6.21 Å². The Bertz CT molecular complexity index is 994. The van der Waals surface area contributed by atoms with Crippen LogP contribution < -0.4 is 9.47 Å². The second kappa shape index (κ2) is 9.07. The van der Waals surface area contributed by atoms with Crippen molar-refractivity contribution in [2.24, 2.45) is 4.99 Å². The molecule has 0 saturated heterocycles. The van der Waals surface area contributed by atoms with Crippen LogP contribution in [0.15, 0.2) is 64.1 Å². The number of ether oxygens (including phenoxy) is 2. The minimum absolute atomic E-state index is 0.477. The van der Waals surface area contributed by atoms with Crippen LogP contribution >= 0.6 is 15.9 Å². The van der Waals surface area contributed by atoms with Gasteiger partial charge in [0.05, 0.1) is 17.3 Å². The molecule has 0 aliphatic heterocycles. The van der Waals surface area contributed by atoms with E-state index in [0.29, 0.717) is 18.1 Å². The molecule has 0 saturated carbocycles. The Labute approximate surface area is 175 Å². The molecule has 0 N–H and O–H groups in total. The maximum Gasteiger partial charge on any atom is 0.175 e. The molecule has 0 aliphatic rings. The van der Waals surface area contributed by atoms with Gasteiger partial charge in [0.15, 0.2) is 11.5 Å². The standard InChI is InChI=1S/C24H24BrNO2/c1-16-6-9-19(10-7-16)15-28-24-21(25)12-20(13-23(24)27-4)14-26-22-11-17(2)5-8-18(22)3/h5-14H,15H2,1-4H3. The molecule has 0 amide bonds. The highest BCUT2D eigenvalue weighted by Gasteiger charge is 2.11. The van der Waals surface area contributed by atoms with Crippen molar-refractivity contribution in [3.63, 3.8) is 0 Å². The fraction of sp³-hybridized carbons (Fsp3) is 0.208. The van der Waals surface area contributed by atoms with Crippen LogP contribution in [0.5, 0.6) is 11.5 Å². The highest BCUT2D eigenvalue weighted by atomic mass is 79.9. The van der Waals surface area contributed by atoms with E-state index in [1.807, 2.05) is 18.3 Å². The summed E-state index contributed by atoms with van der Waals surface area (Å²) in [6.45, 7) is 6.68. The van der Waals surface area contributed by atoms with Crippen molar-refractivity contribution >= 4 is 27.8 Å². The molecule has 3 nitrogen and oxygen atoms in total. The topological polar surface area (TPSA) is 30.8 Å². The summed E-state index contributed by atoms with van der Waals surface area (Å²) in [5, 5.41) is 0. The Hall–Kier alpha value is -2.59. The minimum Gasteiger partial charge on any atom is -0.493 e. The van der Waals surface area contributed by atoms with Crippen LogP contribution in [0.2, 0.25) is 0 Å². The van der Waals surface area contributed by atoms with E-state index in [1.165, 1.54) is 11.1 Å². The van der Waals surface area contributed by atoms with Crippen molar-refractivity contribution in [3.05, 3.63) is 86.9 Å². The zero-order chi connectivity index (χ0) is 20.1. The highest BCUT2D eigenvalue weighted by molar-refractivity contribution is 9.10. The van der Waals surface area contributed by atoms with Crippen molar-refractivity contribution < 1.29 is 9.47 Å². The molecule has 0 heterocycles. The van der Waals surface area contributed by atoms with Crippen LogP contribution in [-0.4, -0.2) is 13.3 Å². The number of benzene rings is 3. The van der Waals surface area contributed by atoms with Crippen LogP contribution in [0.4, 0.5) is 5.69 Å². The van der Waals surface area contributed by atoms with E-state index in [4.69, 9.17) is 9.47 Å². The highest BCUT2D eigenvalue weighted by Crippen LogP contribution is 2.37. The average Bonchev–Trinajstić information content (AvgIpc) is 2.68. The van der Waals surface area contributed by atoms with E-state index in [9.17, 15) is 0 Å². The molecule has 28 heavy (non-hydrogen) atoms. The molecule has 0 spiro atoms. The molecule has 3 rings (SSSR count). The SMILES string of the molecule is COc1cc(C=Nc2cc(C)ccc2C)cc(Br)c1OCc1ccc(C)cc1. The van der Waals surface area contributed by atoms with Crippen molar-refractivity contribution in [2.45, 2.75) is 27.4 Å². The lowest BCUT2D eigenvalue weighted by Gasteiger charge is -2.13. The molecule has 0 bridgehead atoms. The molecule has 0 radical (unpaired) electrons. The fourth-order valence-corrected chi connectivity index (χ4v) is 3.37. The number of rotatable bonds is 6. The van der Waals surface area contributed by atoms with E-state index in [1.54, 1.807) is 7.11 Å². The van der Waals surface area contributed by atoms with Gasteiger partial charge in [-0.2, -0.15) is 0 Å². The zero-order valence-electron chi connectivity index (χ0n) is 16.6. The van der Waals surface area contributed by atoms with Gasteiger partial charge < -0.3 is 9.47 Å². The zero-order valence-corrected chi connectivity index (χ0v) is 18.2. The maximum absolute atomic E-state index is 6.02. The molecular formula is C24H24BrNO2. The molecule has 4 heteroatoms. The summed E-state index contributed by atoms with van der Waals surface area (Å²) in [5.74, 6) is 1.36. The van der Waals surface area contributed by atoms with Gasteiger partial charge in [0.2, 0.25) is 0 Å². The summed E-state index contributed by atoms with van der Waals surface area (Å²) in [5.41, 5.74) is 6.58. The van der Waals surface area contributed by atoms with Gasteiger partial charge >= 0.3 is 0 Å². The van der Waals surface area contributed by atoms with E-state index < -0.39 is 0 Å². The Morgan fingerprint density at radius 1 is 0.929 bits per heavy atom. The number of hydrogen-bond acceptors (Lipinski definition) is 3. The van der Waals surface area contributed by atoms with Gasteiger partial charge in [-0.05, 0) is 77.2 Å². The van der Waals surface area contributed by atoms with Gasteiger partial charge in [-0.3, -0.25) is 4.99 Å². The Morgan fingerprint density at radius 2 is 1.64 bits per heavy atom. The summed E-state index contributed by atoms with van der Waals surface area (Å²) >= 11 is 3.61. The summed E-state index contributed by atoms with van der Waals surface area (Å²) in [6.07, 6.45) is 1.85. The molecule has 0 fully saturated rings. The molecule has 0 aromatic heterocycles. The molecule has 0 atom stereocenters. The van der Waals surface area contributed by atoms with Crippen LogP contribution in [0.1, 0.15) is 27.8 Å². The second-order valence-electron chi connectivity index (χ2n) is 6.86. The van der Waals surface area contributed by atoms with Gasteiger partial charge in [0.1, 0.15) is 6.61 Å². The summed E-state index contributed by atoms with van der Waals surface area (Å²) < 4.78 is 12.4. The second-order valence-corrected chi connectivity index (χ2v) is 7.71. The largest absolute Gasteiger partial charge is 0.493 e. The number of methoxy groups -OCH3 is 1. The third-order valence-corrected chi connectivity index (χ3v) is 5.06. The van der Waals surface area contributed by atoms with Crippen LogP contribution in [0, 0.1) is 20.8 Å². The van der Waals surface area contributed by atoms with Crippen molar-refractivity contribution in [3.8, 4) is 11.5 Å². The maximum atomic E-state index is 6.02. The summed E-state index contributed by atoms with van der Waals surface area (Å²) in [7, 11) is 1.64. The van der Waals surface area contributed by atoms with E-state index in [0.717, 1.165) is 26.9 Å². The minimum atomic E-state index is 0.477. The van der Waals surface area contributed by atoms with Crippen LogP contribution in [0.25, 0.3) is 0 Å². The number of aryl methyl sites for hydroxylation is 3. The predicted molar refractivity (Wildman–Crippen MR) is 119 cm³/mol. The molecule has 3 aromatic rings. The van der Waals surface area contributed by atoms with Crippen LogP contribution in [0.3, 0.4) is 0 Å². The van der Waals surface area contributed by atoms with E-state index >= 15 is 0 Å². The first-order chi connectivity index (χ1) is 13.5. The van der Waals surface area contributed by atoms with Crippen LogP contribution in [-0.2, 0) is 6.61 Å². The molecule has 0 unspecified atom stereocenters. The first-order valence-electron chi connectivity index (χ1n) is 9.13. The number of aliphatic imine (C=N–C) groups is 1. The smallest absolute Gasteiger partial charge is 0.175 e. The third-order valence-electron chi connectivity index (χ3n) is 4.47. The Kier molecular flexibility index (Phi) is 6.53. The summed E-state index contributed by atoms with van der Waals surface area (Å²) in [4.78, 5) is 4.64. The third kappa shape index (κ3) is 5.02. The lowest BCUT2D eigenvalue weighted by atomic mass is 10.1. The van der Waals surface area contributed by atoms with Gasteiger partial charge in [0.25, 0.3) is 0 Å². The molecule has 0 aliphatic carbocycles. The van der Waals surface area contributed by atoms with Crippen molar-refractivity contribution in [1.82, 2.24) is 0 Å². The van der Waals surface area contributed by atoms with Gasteiger partial charge in [-0.1, -0.05) is 42.0 Å². The average molecular weight is 438 g/mol. The van der Waals surface area contributed by atoms with Gasteiger partial charge in [-0.25, -0.2) is 0 Å². The number of halogens is 1. The number of hydrogen-bond donors (Lipinski definition) is 0. The quantitative estimate of drug-likeness (QED) is 0.401. The van der Waals surface area contributed by atoms with E-state index in [2.05, 4.69) is 84.2 Å². The van der Waals surface area contributed by atoms with Gasteiger partial charge in [-0.15, -0.1) is 0 Å². The molecule has 3 aromatic carbocycles. The van der Waals surface area contributed by atoms with Crippen molar-refractivity contribution in [1.29, 1.82) is 0 Å². The molecule has 144 valence electrons. The molecular weight excluding hydrogens is 414 g/mol. The number of nitrogens with zero attached hydrogens (tertiary/aromatic N) is 1. The summed E-state index contributed by atoms with van der Waals surface area (Å²) in [6, 6.07) is 18.5. The monoisotopic (exact) mass is 437 g/mol.